The van der Waals surface area contributed by atoms with E-state index < -0.39 is 24.2 Å². The van der Waals surface area contributed by atoms with Gasteiger partial charge in [0, 0.05) is 33.2 Å². The summed E-state index contributed by atoms with van der Waals surface area (Å²) in [5.41, 5.74) is 7.71. The van der Waals surface area contributed by atoms with Gasteiger partial charge in [-0.3, -0.25) is 0 Å². The van der Waals surface area contributed by atoms with E-state index in [0.29, 0.717) is 17.1 Å². The molecule has 2 aromatic heterocycles. The number of fused-ring (bicyclic) bond motifs is 4. The van der Waals surface area contributed by atoms with Crippen molar-refractivity contribution in [3.05, 3.63) is 200 Å². The normalized spacial score (nSPS) is 14.0. The van der Waals surface area contributed by atoms with Crippen LogP contribution < -0.4 is 0 Å². The largest absolute Gasteiger partial charge is 0.309 e. The molecule has 0 unspecified atom stereocenters. The van der Waals surface area contributed by atoms with Crippen LogP contribution in [0.1, 0.15) is 13.7 Å². The summed E-state index contributed by atoms with van der Waals surface area (Å²) in [5, 5.41) is 3.65. The molecule has 2 heterocycles. The molecular weight excluding hydrogens is 643 g/mol. The molecule has 3 heteroatoms. The summed E-state index contributed by atoms with van der Waals surface area (Å²) in [7, 11) is 0. The highest BCUT2D eigenvalue weighted by Gasteiger charge is 2.16. The second-order valence-electron chi connectivity index (χ2n) is 12.7. The van der Waals surface area contributed by atoms with Crippen LogP contribution in [0.2, 0.25) is 0 Å². The van der Waals surface area contributed by atoms with Gasteiger partial charge in [0.05, 0.1) is 36.1 Å². The lowest BCUT2D eigenvalue weighted by Crippen LogP contribution is -1.96. The van der Waals surface area contributed by atoms with Crippen LogP contribution in [0.3, 0.4) is 0 Å². The monoisotopic (exact) mass is 685 g/mol. The molecule has 0 aliphatic heterocycles. The Labute approximate surface area is 322 Å². The first-order chi connectivity index (χ1) is 30.4. The molecule has 0 saturated carbocycles. The predicted octanol–water partition coefficient (Wildman–Crippen LogP) is 13.1. The van der Waals surface area contributed by atoms with Crippen molar-refractivity contribution in [2.75, 3.05) is 0 Å². The molecule has 0 spiro atoms. The molecule has 0 amide bonds. The van der Waals surface area contributed by atoms with Crippen molar-refractivity contribution in [2.24, 2.45) is 0 Å². The lowest BCUT2D eigenvalue weighted by atomic mass is 9.92. The van der Waals surface area contributed by atoms with Crippen LogP contribution >= 0.6 is 0 Å². The quantitative estimate of drug-likeness (QED) is 0.174. The van der Waals surface area contributed by atoms with E-state index in [1.165, 1.54) is 0 Å². The van der Waals surface area contributed by atoms with Crippen LogP contribution in [0.4, 0.5) is 0 Å². The molecule has 0 saturated heterocycles. The van der Waals surface area contributed by atoms with E-state index in [4.69, 9.17) is 23.7 Å². The zero-order chi connectivity index (χ0) is 43.8. The Hall–Kier alpha value is -7.10. The molecule has 3 nitrogen and oxygen atoms in total. The third-order valence-electron chi connectivity index (χ3n) is 9.63. The molecule has 0 aliphatic carbocycles. The molecule has 10 rings (SSSR count). The van der Waals surface area contributed by atoms with E-state index >= 15 is 0 Å². The van der Waals surface area contributed by atoms with Gasteiger partial charge in [-0.1, -0.05) is 164 Å². The molecule has 0 aliphatic rings. The summed E-state index contributed by atoms with van der Waals surface area (Å²) in [5.74, 6) is 0.357. The predicted molar refractivity (Wildman–Crippen MR) is 221 cm³/mol. The number of rotatable bonds is 6. The Morgan fingerprint density at radius 1 is 0.377 bits per heavy atom. The molecule has 248 valence electrons. The van der Waals surface area contributed by atoms with Gasteiger partial charge < -0.3 is 4.57 Å². The van der Waals surface area contributed by atoms with E-state index in [2.05, 4.69) is 36.4 Å². The highest BCUT2D eigenvalue weighted by atomic mass is 15.0. The molecule has 8 aromatic carbocycles. The highest BCUT2D eigenvalue weighted by Crippen LogP contribution is 2.39. The van der Waals surface area contributed by atoms with Crippen molar-refractivity contribution < 1.29 is 13.7 Å². The number of nitrogens with zero attached hydrogens (tertiary/aromatic N) is 3. The minimum Gasteiger partial charge on any atom is -0.309 e. The summed E-state index contributed by atoms with van der Waals surface area (Å²) in [4.78, 5) is 9.75. The minimum absolute atomic E-state index is 0.00166. The first kappa shape index (κ1) is 22.0. The molecule has 0 N–H and O–H groups in total. The molecule has 10 aromatic rings. The summed E-state index contributed by atoms with van der Waals surface area (Å²) in [6, 6.07) is 41.3. The van der Waals surface area contributed by atoms with Gasteiger partial charge in [0.25, 0.3) is 0 Å². The van der Waals surface area contributed by atoms with Gasteiger partial charge in [0.1, 0.15) is 0 Å². The smallest absolute Gasteiger partial charge is 0.160 e. The van der Waals surface area contributed by atoms with Crippen LogP contribution in [-0.2, 0) is 0 Å². The van der Waals surface area contributed by atoms with Crippen molar-refractivity contribution in [3.8, 4) is 61.8 Å². The zero-order valence-corrected chi connectivity index (χ0v) is 28.1. The highest BCUT2D eigenvalue weighted by molar-refractivity contribution is 6.10. The molecule has 53 heavy (non-hydrogen) atoms. The zero-order valence-electron chi connectivity index (χ0n) is 38.1. The van der Waals surface area contributed by atoms with Gasteiger partial charge in [0.2, 0.25) is 0 Å². The lowest BCUT2D eigenvalue weighted by molar-refractivity contribution is 1.18. The maximum atomic E-state index is 8.72. The second kappa shape index (κ2) is 12.9. The van der Waals surface area contributed by atoms with E-state index in [9.17, 15) is 0 Å². The first-order valence-electron chi connectivity index (χ1n) is 22.2. The number of hydrogen-bond donors (Lipinski definition) is 0. The van der Waals surface area contributed by atoms with Crippen LogP contribution in [0.5, 0.6) is 0 Å². The maximum absolute atomic E-state index is 8.72. The average molecular weight is 686 g/mol. The molecular formula is C50H33N3. The van der Waals surface area contributed by atoms with Gasteiger partial charge in [-0.05, 0) is 69.4 Å². The van der Waals surface area contributed by atoms with E-state index in [1.807, 2.05) is 97.1 Å². The van der Waals surface area contributed by atoms with Crippen molar-refractivity contribution in [3.63, 3.8) is 0 Å². The third-order valence-corrected chi connectivity index (χ3v) is 9.63. The standard InChI is InChI=1S/C50H33N3/c1-4-14-36(15-5-1)46-33-47(52-50(51-46)37-16-6-2-7-17-37)43-30-29-40(41-20-10-11-21-42(41)43)35-26-24-34(25-27-35)38-28-31-49-45(32-38)44-22-12-13-23-48(44)53(49)39-18-8-3-9-19-39/h1-33H/i1D,3D,4D,5D,8D,9D,14D,15D,18D,19D. The fourth-order valence-electron chi connectivity index (χ4n) is 7.17. The number of aromatic nitrogens is 3. The Balaban J connectivity index is 1.07. The topological polar surface area (TPSA) is 30.7 Å². The van der Waals surface area contributed by atoms with Gasteiger partial charge in [-0.2, -0.15) is 0 Å². The number of para-hydroxylation sites is 2. The van der Waals surface area contributed by atoms with Crippen LogP contribution in [-0.4, -0.2) is 14.5 Å². The fraction of sp³-hybridized carbons (Fsp3) is 0. The van der Waals surface area contributed by atoms with Gasteiger partial charge in [0.15, 0.2) is 5.82 Å². The summed E-state index contributed by atoms with van der Waals surface area (Å²) in [6.45, 7) is 0. The van der Waals surface area contributed by atoms with Crippen molar-refractivity contribution in [1.29, 1.82) is 0 Å². The van der Waals surface area contributed by atoms with Crippen LogP contribution in [0, 0.1) is 0 Å². The average Bonchev–Trinajstić information content (AvgIpc) is 3.64. The fourth-order valence-corrected chi connectivity index (χ4v) is 7.17. The van der Waals surface area contributed by atoms with Crippen molar-refractivity contribution >= 4 is 32.6 Å². The number of hydrogen-bond acceptors (Lipinski definition) is 2. The van der Waals surface area contributed by atoms with Gasteiger partial charge >= 0.3 is 0 Å². The minimum atomic E-state index is -0.472. The molecule has 0 radical (unpaired) electrons. The van der Waals surface area contributed by atoms with Crippen molar-refractivity contribution in [2.45, 2.75) is 0 Å². The van der Waals surface area contributed by atoms with E-state index in [-0.39, 0.29) is 53.2 Å². The molecule has 0 atom stereocenters. The number of benzene rings is 8. The second-order valence-corrected chi connectivity index (χ2v) is 12.7. The van der Waals surface area contributed by atoms with E-state index in [0.717, 1.165) is 60.4 Å². The maximum Gasteiger partial charge on any atom is 0.160 e. The summed E-state index contributed by atoms with van der Waals surface area (Å²) in [6.07, 6.45) is 0. The lowest BCUT2D eigenvalue weighted by Gasteiger charge is -2.14. The summed E-state index contributed by atoms with van der Waals surface area (Å²) >= 11 is 0. The van der Waals surface area contributed by atoms with Gasteiger partial charge in [-0.15, -0.1) is 0 Å². The molecule has 0 fully saturated rings. The Kier molecular flexibility index (Phi) is 5.35. The van der Waals surface area contributed by atoms with E-state index in [1.54, 1.807) is 10.6 Å². The third kappa shape index (κ3) is 5.47. The van der Waals surface area contributed by atoms with Crippen LogP contribution in [0.25, 0.3) is 94.4 Å². The van der Waals surface area contributed by atoms with Crippen LogP contribution in [0.15, 0.2) is 200 Å². The first-order valence-corrected chi connectivity index (χ1v) is 17.2. The summed E-state index contributed by atoms with van der Waals surface area (Å²) < 4.78 is 86.2. The molecule has 0 bridgehead atoms. The Morgan fingerprint density at radius 2 is 0.962 bits per heavy atom. The SMILES string of the molecule is [2H]c1c([2H])c([2H])c(-c2cc(-c3ccc(-c4ccc(-c5ccc6c(c5)c5ccccc5n6-c5c([2H])c([2H])c([2H])c([2H])c5[2H])cc4)c4ccccc34)nc(-c3ccccc3)n2)c([2H])c1[2H]. The Bertz CT molecular complexity index is 3460. The van der Waals surface area contributed by atoms with Gasteiger partial charge in [-0.25, -0.2) is 9.97 Å². The van der Waals surface area contributed by atoms with Crippen molar-refractivity contribution in [1.82, 2.24) is 14.5 Å². The Morgan fingerprint density at radius 3 is 1.74 bits per heavy atom.